The Balaban J connectivity index is 1.54. The molecular formula is C31H32ClF3N4O4S. The Hall–Kier alpha value is -3.90. The molecule has 0 aliphatic carbocycles. The van der Waals surface area contributed by atoms with Crippen LogP contribution in [0.5, 0.6) is 0 Å². The highest BCUT2D eigenvalue weighted by Gasteiger charge is 2.34. The second-order valence-corrected chi connectivity index (χ2v) is 13.7. The summed E-state index contributed by atoms with van der Waals surface area (Å²) in [7, 11) is -3.54. The number of aromatic nitrogens is 2. The van der Waals surface area contributed by atoms with Crippen LogP contribution >= 0.6 is 11.6 Å². The van der Waals surface area contributed by atoms with Gasteiger partial charge in [0.1, 0.15) is 6.54 Å². The van der Waals surface area contributed by atoms with Crippen LogP contribution in [0.4, 0.5) is 24.5 Å². The van der Waals surface area contributed by atoms with Crippen LogP contribution in [-0.4, -0.2) is 49.5 Å². The number of alkyl halides is 3. The molecule has 0 atom stereocenters. The number of halogens is 4. The molecule has 4 aromatic rings. The number of hydrogen-bond acceptors (Lipinski definition) is 7. The Bertz CT molecular complexity index is 1730. The summed E-state index contributed by atoms with van der Waals surface area (Å²) in [5, 5.41) is 7.11. The van der Waals surface area contributed by atoms with Gasteiger partial charge in [-0.1, -0.05) is 41.4 Å². The summed E-state index contributed by atoms with van der Waals surface area (Å²) in [6.45, 7) is 6.95. The summed E-state index contributed by atoms with van der Waals surface area (Å²) in [6, 6.07) is 15.8. The molecule has 0 bridgehead atoms. The predicted octanol–water partition coefficient (Wildman–Crippen LogP) is 7.13. The summed E-state index contributed by atoms with van der Waals surface area (Å²) in [6.07, 6.45) is -4.62. The largest absolute Gasteiger partial charge is 0.405 e. The molecule has 8 nitrogen and oxygen atoms in total. The van der Waals surface area contributed by atoms with Crippen molar-refractivity contribution in [2.24, 2.45) is 0 Å². The van der Waals surface area contributed by atoms with Gasteiger partial charge < -0.3 is 14.7 Å². The molecule has 44 heavy (non-hydrogen) atoms. The molecule has 0 aliphatic heterocycles. The van der Waals surface area contributed by atoms with Gasteiger partial charge in [-0.2, -0.15) is 18.2 Å². The predicted molar refractivity (Wildman–Crippen MR) is 164 cm³/mol. The van der Waals surface area contributed by atoms with Crippen LogP contribution in [-0.2, 0) is 20.0 Å². The summed E-state index contributed by atoms with van der Waals surface area (Å²) in [4.78, 5) is 18.3. The van der Waals surface area contributed by atoms with Crippen LogP contribution in [0.15, 0.2) is 70.1 Å². The topological polar surface area (TPSA) is 105 Å². The van der Waals surface area contributed by atoms with Gasteiger partial charge in [0.15, 0.2) is 15.7 Å². The maximum absolute atomic E-state index is 13.4. The molecule has 0 fully saturated rings. The molecule has 13 heteroatoms. The monoisotopic (exact) mass is 648 g/mol. The van der Waals surface area contributed by atoms with Gasteiger partial charge in [-0.05, 0) is 87.4 Å². The number of aryl methyl sites for hydroxylation is 2. The van der Waals surface area contributed by atoms with E-state index in [-0.39, 0.29) is 16.3 Å². The molecule has 4 rings (SSSR count). The van der Waals surface area contributed by atoms with E-state index in [1.54, 1.807) is 13.0 Å². The summed E-state index contributed by atoms with van der Waals surface area (Å²) in [5.74, 6) is -0.114. The van der Waals surface area contributed by atoms with E-state index >= 15 is 0 Å². The Morgan fingerprint density at radius 2 is 1.66 bits per heavy atom. The first kappa shape index (κ1) is 33.0. The van der Waals surface area contributed by atoms with Crippen molar-refractivity contribution < 1.29 is 30.9 Å². The Morgan fingerprint density at radius 3 is 2.23 bits per heavy atom. The van der Waals surface area contributed by atoms with Crippen molar-refractivity contribution in [3.8, 4) is 11.5 Å². The molecular weight excluding hydrogens is 617 g/mol. The Kier molecular flexibility index (Phi) is 9.46. The number of amides is 1. The molecule has 3 aromatic carbocycles. The molecule has 0 unspecified atom stereocenters. The maximum atomic E-state index is 13.4. The highest BCUT2D eigenvalue weighted by atomic mass is 35.5. The van der Waals surface area contributed by atoms with Crippen LogP contribution < -0.4 is 10.2 Å². The lowest BCUT2D eigenvalue weighted by atomic mass is 9.81. The van der Waals surface area contributed by atoms with E-state index in [1.165, 1.54) is 37.3 Å². The lowest BCUT2D eigenvalue weighted by molar-refractivity contribution is -0.122. The number of nitrogens with one attached hydrogen (secondary N) is 1. The van der Waals surface area contributed by atoms with Crippen molar-refractivity contribution in [2.45, 2.75) is 51.1 Å². The average molecular weight is 649 g/mol. The highest BCUT2D eigenvalue weighted by molar-refractivity contribution is 7.91. The molecule has 0 radical (unpaired) electrons. The van der Waals surface area contributed by atoms with Crippen molar-refractivity contribution >= 4 is 38.7 Å². The summed E-state index contributed by atoms with van der Waals surface area (Å²) in [5.41, 5.74) is 2.79. The molecule has 1 aromatic heterocycles. The first-order chi connectivity index (χ1) is 20.5. The fourth-order valence-electron chi connectivity index (χ4n) is 4.87. The van der Waals surface area contributed by atoms with Gasteiger partial charge in [-0.15, -0.1) is 0 Å². The zero-order valence-electron chi connectivity index (χ0n) is 24.8. The summed E-state index contributed by atoms with van der Waals surface area (Å²) >= 11 is 6.70. The maximum Gasteiger partial charge on any atom is 0.405 e. The minimum atomic E-state index is -4.62. The van der Waals surface area contributed by atoms with E-state index in [1.807, 2.05) is 45.0 Å². The second-order valence-electron chi connectivity index (χ2n) is 11.0. The Labute approximate surface area is 259 Å². The van der Waals surface area contributed by atoms with Crippen molar-refractivity contribution in [1.29, 1.82) is 0 Å². The van der Waals surface area contributed by atoms with Crippen LogP contribution in [0.3, 0.4) is 0 Å². The van der Waals surface area contributed by atoms with Gasteiger partial charge in [0.25, 0.3) is 5.89 Å². The van der Waals surface area contributed by atoms with Crippen molar-refractivity contribution in [3.05, 3.63) is 88.2 Å². The molecule has 0 saturated carbocycles. The zero-order valence-corrected chi connectivity index (χ0v) is 26.4. The summed E-state index contributed by atoms with van der Waals surface area (Å²) < 4.78 is 69.9. The third kappa shape index (κ3) is 7.59. The van der Waals surface area contributed by atoms with E-state index < -0.39 is 40.4 Å². The minimum absolute atomic E-state index is 0.0134. The SMILES string of the molecule is CCS(=O)(=O)c1ccc(N(CC(=O)Nc2cc(C)c(C(C)(C)c3noc(-c4ccc(C)cc4)n3)c(Cl)c2)CC(F)(F)F)cc1. The lowest BCUT2D eigenvalue weighted by Gasteiger charge is -2.27. The van der Waals surface area contributed by atoms with E-state index in [2.05, 4.69) is 15.5 Å². The number of rotatable bonds is 10. The standard InChI is InChI=1S/C31H32ClF3N4O4S/c1-6-44(41,42)24-13-11-23(12-14-24)39(18-31(33,34)35)17-26(40)36-22-15-20(3)27(25(32)16-22)30(4,5)29-37-28(43-38-29)21-9-7-19(2)8-10-21/h7-16H,6,17-18H2,1-5H3,(H,36,40). The van der Waals surface area contributed by atoms with Crippen LogP contribution in [0.1, 0.15) is 43.3 Å². The molecule has 0 aliphatic rings. The molecule has 234 valence electrons. The van der Waals surface area contributed by atoms with Crippen LogP contribution in [0.2, 0.25) is 5.02 Å². The van der Waals surface area contributed by atoms with Gasteiger partial charge in [-0.3, -0.25) is 4.79 Å². The van der Waals surface area contributed by atoms with Crippen molar-refractivity contribution in [3.63, 3.8) is 0 Å². The quantitative estimate of drug-likeness (QED) is 0.195. The molecule has 1 N–H and O–H groups in total. The molecule has 0 spiro atoms. The third-order valence-corrected chi connectivity index (χ3v) is 9.17. The van der Waals surface area contributed by atoms with Gasteiger partial charge in [-0.25, -0.2) is 8.42 Å². The normalized spacial score (nSPS) is 12.3. The van der Waals surface area contributed by atoms with Gasteiger partial charge >= 0.3 is 6.18 Å². The lowest BCUT2D eigenvalue weighted by Crippen LogP contribution is -2.39. The molecule has 0 saturated heterocycles. The fourth-order valence-corrected chi connectivity index (χ4v) is 6.26. The van der Waals surface area contributed by atoms with Gasteiger partial charge in [0.2, 0.25) is 5.91 Å². The number of nitrogens with zero attached hydrogens (tertiary/aromatic N) is 3. The number of carbonyl (C=O) groups excluding carboxylic acids is 1. The van der Waals surface area contributed by atoms with Crippen LogP contribution in [0, 0.1) is 13.8 Å². The number of carbonyl (C=O) groups is 1. The highest BCUT2D eigenvalue weighted by Crippen LogP contribution is 2.39. The minimum Gasteiger partial charge on any atom is -0.353 e. The smallest absolute Gasteiger partial charge is 0.353 e. The second kappa shape index (κ2) is 12.6. The van der Waals surface area contributed by atoms with Crippen molar-refractivity contribution in [1.82, 2.24) is 10.1 Å². The third-order valence-electron chi connectivity index (χ3n) is 7.13. The molecule has 1 amide bonds. The first-order valence-electron chi connectivity index (χ1n) is 13.7. The van der Waals surface area contributed by atoms with E-state index in [4.69, 9.17) is 16.1 Å². The number of hydrogen-bond donors (Lipinski definition) is 1. The van der Waals surface area contributed by atoms with Gasteiger partial charge in [0.05, 0.1) is 22.6 Å². The first-order valence-corrected chi connectivity index (χ1v) is 15.7. The van der Waals surface area contributed by atoms with E-state index in [0.717, 1.165) is 16.0 Å². The van der Waals surface area contributed by atoms with Crippen LogP contribution in [0.25, 0.3) is 11.5 Å². The fraction of sp³-hybridized carbons (Fsp3) is 0.323. The Morgan fingerprint density at radius 1 is 1.02 bits per heavy atom. The average Bonchev–Trinajstić information content (AvgIpc) is 3.43. The van der Waals surface area contributed by atoms with E-state index in [0.29, 0.717) is 33.6 Å². The zero-order chi connectivity index (χ0) is 32.4. The number of benzene rings is 3. The van der Waals surface area contributed by atoms with Crippen molar-refractivity contribution in [2.75, 3.05) is 29.1 Å². The van der Waals surface area contributed by atoms with Gasteiger partial charge in [0, 0.05) is 22.0 Å². The number of anilines is 2. The van der Waals surface area contributed by atoms with E-state index in [9.17, 15) is 26.4 Å². The molecule has 1 heterocycles. The number of sulfone groups is 1.